The summed E-state index contributed by atoms with van der Waals surface area (Å²) < 4.78 is 24.5. The summed E-state index contributed by atoms with van der Waals surface area (Å²) in [4.78, 5) is 16.9. The molecule has 0 aliphatic rings. The zero-order valence-corrected chi connectivity index (χ0v) is 18.3. The molecule has 0 aliphatic carbocycles. The number of carbonyl (C=O) groups is 1. The first-order valence-corrected chi connectivity index (χ1v) is 10.7. The fraction of sp³-hybridized carbons (Fsp3) is 0.0385. The van der Waals surface area contributed by atoms with Gasteiger partial charge in [0.05, 0.1) is 23.9 Å². The van der Waals surface area contributed by atoms with Crippen LogP contribution in [-0.2, 0) is 0 Å². The van der Waals surface area contributed by atoms with E-state index in [-0.39, 0.29) is 17.1 Å². The van der Waals surface area contributed by atoms with Crippen LogP contribution in [0.3, 0.4) is 0 Å². The molecule has 7 heteroatoms. The van der Waals surface area contributed by atoms with E-state index in [1.807, 2.05) is 35.7 Å². The third-order valence-electron chi connectivity index (χ3n) is 4.72. The Kier molecular flexibility index (Phi) is 6.58. The van der Waals surface area contributed by atoms with Crippen molar-refractivity contribution in [1.29, 1.82) is 5.26 Å². The number of nitriles is 1. The Morgan fingerprint density at radius 3 is 2.55 bits per heavy atom. The van der Waals surface area contributed by atoms with Gasteiger partial charge in [-0.1, -0.05) is 48.5 Å². The van der Waals surface area contributed by atoms with E-state index in [9.17, 15) is 14.4 Å². The van der Waals surface area contributed by atoms with Crippen LogP contribution in [0.2, 0.25) is 0 Å². The van der Waals surface area contributed by atoms with Crippen LogP contribution in [0.25, 0.3) is 22.9 Å². The number of carbonyl (C=O) groups excluding carboxylic acids is 1. The van der Waals surface area contributed by atoms with E-state index in [1.165, 1.54) is 42.7 Å². The van der Waals surface area contributed by atoms with E-state index in [0.717, 1.165) is 11.3 Å². The zero-order valence-electron chi connectivity index (χ0n) is 17.5. The predicted molar refractivity (Wildman–Crippen MR) is 125 cm³/mol. The maximum absolute atomic E-state index is 13.9. The van der Waals surface area contributed by atoms with Gasteiger partial charge < -0.3 is 9.47 Å². The van der Waals surface area contributed by atoms with E-state index in [4.69, 9.17) is 9.47 Å². The lowest BCUT2D eigenvalue weighted by atomic mass is 10.1. The van der Waals surface area contributed by atoms with Crippen molar-refractivity contribution in [2.45, 2.75) is 0 Å². The van der Waals surface area contributed by atoms with Crippen LogP contribution < -0.4 is 9.47 Å². The van der Waals surface area contributed by atoms with E-state index < -0.39 is 11.8 Å². The maximum Gasteiger partial charge on any atom is 0.346 e. The molecule has 0 radical (unpaired) electrons. The Bertz CT molecular complexity index is 1370. The normalized spacial score (nSPS) is 11.0. The molecule has 4 rings (SSSR count). The second kappa shape index (κ2) is 9.90. The minimum Gasteiger partial charge on any atom is -0.493 e. The maximum atomic E-state index is 13.9. The van der Waals surface area contributed by atoms with Gasteiger partial charge in [0, 0.05) is 10.9 Å². The van der Waals surface area contributed by atoms with Gasteiger partial charge in [-0.25, -0.2) is 14.2 Å². The predicted octanol–water partition coefficient (Wildman–Crippen LogP) is 6.24. The average Bonchev–Trinajstić information content (AvgIpc) is 3.34. The van der Waals surface area contributed by atoms with Crippen molar-refractivity contribution >= 4 is 29.0 Å². The Morgan fingerprint density at radius 2 is 1.82 bits per heavy atom. The number of thiazole rings is 1. The van der Waals surface area contributed by atoms with Crippen molar-refractivity contribution in [1.82, 2.24) is 4.98 Å². The Balaban J connectivity index is 1.59. The first-order chi connectivity index (χ1) is 16.1. The van der Waals surface area contributed by atoms with E-state index >= 15 is 0 Å². The van der Waals surface area contributed by atoms with Crippen molar-refractivity contribution in [3.8, 4) is 28.8 Å². The van der Waals surface area contributed by atoms with Gasteiger partial charge in [0.15, 0.2) is 11.5 Å². The molecule has 3 aromatic carbocycles. The van der Waals surface area contributed by atoms with Gasteiger partial charge in [-0.15, -0.1) is 11.3 Å². The molecule has 33 heavy (non-hydrogen) atoms. The van der Waals surface area contributed by atoms with Crippen LogP contribution >= 0.6 is 11.3 Å². The highest BCUT2D eigenvalue weighted by atomic mass is 32.1. The molecule has 0 unspecified atom stereocenters. The van der Waals surface area contributed by atoms with Gasteiger partial charge in [0.25, 0.3) is 0 Å². The third kappa shape index (κ3) is 4.97. The number of esters is 1. The largest absolute Gasteiger partial charge is 0.493 e. The topological polar surface area (TPSA) is 72.2 Å². The Labute approximate surface area is 194 Å². The number of rotatable bonds is 6. The quantitative estimate of drug-likeness (QED) is 0.195. The van der Waals surface area contributed by atoms with Crippen molar-refractivity contribution in [3.05, 3.63) is 100 Å². The van der Waals surface area contributed by atoms with E-state index in [1.54, 1.807) is 24.3 Å². The third-order valence-corrected chi connectivity index (χ3v) is 5.60. The highest BCUT2D eigenvalue weighted by molar-refractivity contribution is 7.11. The lowest BCUT2D eigenvalue weighted by Crippen LogP contribution is -2.11. The number of benzene rings is 3. The van der Waals surface area contributed by atoms with E-state index in [2.05, 4.69) is 11.1 Å². The molecule has 1 heterocycles. The van der Waals surface area contributed by atoms with Crippen molar-refractivity contribution in [2.24, 2.45) is 0 Å². The highest BCUT2D eigenvalue weighted by Crippen LogP contribution is 2.32. The molecule has 0 atom stereocenters. The molecule has 0 spiro atoms. The monoisotopic (exact) mass is 456 g/mol. The van der Waals surface area contributed by atoms with Crippen LogP contribution in [0.4, 0.5) is 4.39 Å². The molecular formula is C26H17FN2O3S. The first kappa shape index (κ1) is 21.9. The standard InChI is InChI=1S/C26H17FN2O3S/c1-31-24-14-17(11-12-23(24)32-26(30)20-9-5-6-10-21(20)27)13-19(15-28)25-29-22(16-33-25)18-7-3-2-4-8-18/h2-14,16H,1H3/b19-13+. The number of halogens is 1. The van der Waals surface area contributed by atoms with E-state index in [0.29, 0.717) is 16.1 Å². The van der Waals surface area contributed by atoms with Crippen LogP contribution in [0, 0.1) is 17.1 Å². The van der Waals surface area contributed by atoms with Crippen molar-refractivity contribution in [3.63, 3.8) is 0 Å². The molecule has 0 fully saturated rings. The second-order valence-electron chi connectivity index (χ2n) is 6.85. The minimum absolute atomic E-state index is 0.141. The Hall–Kier alpha value is -4.28. The van der Waals surface area contributed by atoms with Gasteiger partial charge in [0.1, 0.15) is 16.9 Å². The molecule has 1 aromatic heterocycles. The molecule has 5 nitrogen and oxygen atoms in total. The van der Waals surface area contributed by atoms with Crippen LogP contribution in [0.5, 0.6) is 11.5 Å². The number of nitrogens with zero attached hydrogens (tertiary/aromatic N) is 2. The molecule has 0 saturated carbocycles. The van der Waals surface area contributed by atoms with Crippen LogP contribution in [0.15, 0.2) is 78.2 Å². The first-order valence-electron chi connectivity index (χ1n) is 9.87. The number of ether oxygens (including phenoxy) is 2. The summed E-state index contributed by atoms with van der Waals surface area (Å²) in [5.41, 5.74) is 2.64. The van der Waals surface area contributed by atoms with Gasteiger partial charge in [-0.3, -0.25) is 0 Å². The van der Waals surface area contributed by atoms with Crippen molar-refractivity contribution < 1.29 is 18.7 Å². The molecule has 162 valence electrons. The highest BCUT2D eigenvalue weighted by Gasteiger charge is 2.16. The van der Waals surface area contributed by atoms with Crippen LogP contribution in [-0.4, -0.2) is 18.1 Å². The second-order valence-corrected chi connectivity index (χ2v) is 7.71. The summed E-state index contributed by atoms with van der Waals surface area (Å²) in [7, 11) is 1.43. The summed E-state index contributed by atoms with van der Waals surface area (Å²) in [6.45, 7) is 0. The summed E-state index contributed by atoms with van der Waals surface area (Å²) in [5, 5.41) is 12.2. The summed E-state index contributed by atoms with van der Waals surface area (Å²) in [5.74, 6) is -1.08. The summed E-state index contributed by atoms with van der Waals surface area (Å²) in [6.07, 6.45) is 1.68. The molecule has 0 aliphatic heterocycles. The van der Waals surface area contributed by atoms with Gasteiger partial charge in [0.2, 0.25) is 0 Å². The number of aromatic nitrogens is 1. The lowest BCUT2D eigenvalue weighted by Gasteiger charge is -2.10. The zero-order chi connectivity index (χ0) is 23.2. The molecule has 0 amide bonds. The fourth-order valence-corrected chi connectivity index (χ4v) is 3.88. The molecular weight excluding hydrogens is 439 g/mol. The average molecular weight is 456 g/mol. The van der Waals surface area contributed by atoms with Gasteiger partial charge >= 0.3 is 5.97 Å². The Morgan fingerprint density at radius 1 is 1.06 bits per heavy atom. The van der Waals surface area contributed by atoms with Gasteiger partial charge in [-0.05, 0) is 35.9 Å². The SMILES string of the molecule is COc1cc(/C=C(\C#N)c2nc(-c3ccccc3)cs2)ccc1OC(=O)c1ccccc1F. The smallest absolute Gasteiger partial charge is 0.346 e. The molecule has 0 N–H and O–H groups in total. The van der Waals surface area contributed by atoms with Crippen molar-refractivity contribution in [2.75, 3.05) is 7.11 Å². The molecule has 4 aromatic rings. The molecule has 0 saturated heterocycles. The molecule has 0 bridgehead atoms. The van der Waals surface area contributed by atoms with Gasteiger partial charge in [-0.2, -0.15) is 5.26 Å². The summed E-state index contributed by atoms with van der Waals surface area (Å²) in [6, 6.07) is 22.3. The number of hydrogen-bond acceptors (Lipinski definition) is 6. The number of methoxy groups -OCH3 is 1. The lowest BCUT2D eigenvalue weighted by molar-refractivity contribution is 0.0725. The summed E-state index contributed by atoms with van der Waals surface area (Å²) >= 11 is 1.38. The fourth-order valence-electron chi connectivity index (χ4n) is 3.09. The number of allylic oxidation sites excluding steroid dienone is 1. The number of hydrogen-bond donors (Lipinski definition) is 0. The van der Waals surface area contributed by atoms with Crippen LogP contribution in [0.1, 0.15) is 20.9 Å². The minimum atomic E-state index is -0.830.